The Morgan fingerprint density at radius 2 is 1.83 bits per heavy atom. The number of nitrogens with one attached hydrogen (secondary N) is 2. The first-order valence-electron chi connectivity index (χ1n) is 6.00. The Bertz CT molecular complexity index is 481. The summed E-state index contributed by atoms with van der Waals surface area (Å²) in [5.74, 6) is 0. The zero-order chi connectivity index (χ0) is 13.1. The van der Waals surface area contributed by atoms with Crippen LogP contribution in [0.4, 0.5) is 0 Å². The van der Waals surface area contributed by atoms with Gasteiger partial charge in [-0.2, -0.15) is 0 Å². The third-order valence-electron chi connectivity index (χ3n) is 3.18. The molecule has 0 saturated carbocycles. The maximum Gasteiger partial charge on any atom is 0.240 e. The zero-order valence-corrected chi connectivity index (χ0v) is 10.9. The Labute approximate surface area is 107 Å². The van der Waals surface area contributed by atoms with Gasteiger partial charge in [0, 0.05) is 6.54 Å². The van der Waals surface area contributed by atoms with Crippen molar-refractivity contribution in [3.8, 4) is 0 Å². The van der Waals surface area contributed by atoms with Crippen molar-refractivity contribution in [2.45, 2.75) is 23.3 Å². The van der Waals surface area contributed by atoms with Crippen molar-refractivity contribution in [2.75, 3.05) is 19.6 Å². The third kappa shape index (κ3) is 3.29. The van der Waals surface area contributed by atoms with E-state index in [1.165, 1.54) is 12.1 Å². The molecule has 0 bridgehead atoms. The molecule has 1 aliphatic rings. The molecule has 100 valence electrons. The molecular weight excluding hydrogens is 252 g/mol. The van der Waals surface area contributed by atoms with Gasteiger partial charge in [-0.3, -0.25) is 0 Å². The second-order valence-corrected chi connectivity index (χ2v) is 6.38. The lowest BCUT2D eigenvalue weighted by atomic mass is 9.93. The summed E-state index contributed by atoms with van der Waals surface area (Å²) in [6, 6.07) is 8.19. The quantitative estimate of drug-likeness (QED) is 0.724. The van der Waals surface area contributed by atoms with Crippen molar-refractivity contribution in [2.24, 2.45) is 0 Å². The Kier molecular flexibility index (Phi) is 4.01. The van der Waals surface area contributed by atoms with Gasteiger partial charge in [0.15, 0.2) is 0 Å². The van der Waals surface area contributed by atoms with E-state index in [0.29, 0.717) is 25.9 Å². The van der Waals surface area contributed by atoms with E-state index >= 15 is 0 Å². The van der Waals surface area contributed by atoms with Gasteiger partial charge in [-0.25, -0.2) is 13.1 Å². The maximum absolute atomic E-state index is 12.0. The number of aliphatic hydroxyl groups is 1. The van der Waals surface area contributed by atoms with E-state index in [4.69, 9.17) is 0 Å². The van der Waals surface area contributed by atoms with Gasteiger partial charge in [0.2, 0.25) is 10.0 Å². The summed E-state index contributed by atoms with van der Waals surface area (Å²) in [6.07, 6.45) is 1.12. The van der Waals surface area contributed by atoms with Crippen LogP contribution in [0.15, 0.2) is 35.2 Å². The first kappa shape index (κ1) is 13.5. The van der Waals surface area contributed by atoms with Crippen LogP contribution < -0.4 is 10.0 Å². The van der Waals surface area contributed by atoms with Crippen molar-refractivity contribution in [1.82, 2.24) is 10.0 Å². The number of sulfonamides is 1. The van der Waals surface area contributed by atoms with Gasteiger partial charge in [-0.05, 0) is 38.1 Å². The molecule has 1 aromatic carbocycles. The van der Waals surface area contributed by atoms with E-state index in [0.717, 1.165) is 0 Å². The second-order valence-electron chi connectivity index (χ2n) is 4.61. The van der Waals surface area contributed by atoms with Crippen LogP contribution >= 0.6 is 0 Å². The van der Waals surface area contributed by atoms with Crippen LogP contribution in [0.25, 0.3) is 0 Å². The molecule has 0 spiro atoms. The second kappa shape index (κ2) is 5.36. The smallest absolute Gasteiger partial charge is 0.240 e. The molecule has 0 radical (unpaired) electrons. The average Bonchev–Trinajstić information content (AvgIpc) is 2.39. The maximum atomic E-state index is 12.0. The lowest BCUT2D eigenvalue weighted by Gasteiger charge is -2.32. The lowest BCUT2D eigenvalue weighted by Crippen LogP contribution is -2.49. The topological polar surface area (TPSA) is 78.4 Å². The molecule has 0 unspecified atom stereocenters. The zero-order valence-electron chi connectivity index (χ0n) is 10.1. The molecule has 1 fully saturated rings. The number of benzene rings is 1. The summed E-state index contributed by atoms with van der Waals surface area (Å²) in [4.78, 5) is 0.225. The third-order valence-corrected chi connectivity index (χ3v) is 4.60. The highest BCUT2D eigenvalue weighted by Gasteiger charge is 2.30. The van der Waals surface area contributed by atoms with Gasteiger partial charge in [-0.1, -0.05) is 18.2 Å². The molecule has 2 rings (SSSR count). The number of rotatable bonds is 4. The number of hydrogen-bond acceptors (Lipinski definition) is 4. The normalized spacial score (nSPS) is 19.6. The monoisotopic (exact) mass is 270 g/mol. The fraction of sp³-hybridized carbons (Fsp3) is 0.500. The van der Waals surface area contributed by atoms with Gasteiger partial charge < -0.3 is 10.4 Å². The fourth-order valence-electron chi connectivity index (χ4n) is 1.98. The van der Waals surface area contributed by atoms with Gasteiger partial charge in [-0.15, -0.1) is 0 Å². The largest absolute Gasteiger partial charge is 0.388 e. The number of piperidine rings is 1. The van der Waals surface area contributed by atoms with Crippen molar-refractivity contribution >= 4 is 10.0 Å². The van der Waals surface area contributed by atoms with E-state index in [9.17, 15) is 13.5 Å². The molecule has 3 N–H and O–H groups in total. The van der Waals surface area contributed by atoms with E-state index in [-0.39, 0.29) is 11.4 Å². The molecule has 1 saturated heterocycles. The minimum Gasteiger partial charge on any atom is -0.388 e. The molecular formula is C12H18N2O3S. The van der Waals surface area contributed by atoms with Crippen LogP contribution in [0, 0.1) is 0 Å². The van der Waals surface area contributed by atoms with Crippen molar-refractivity contribution in [3.05, 3.63) is 30.3 Å². The van der Waals surface area contributed by atoms with Crippen LogP contribution in [-0.4, -0.2) is 38.8 Å². The molecule has 0 atom stereocenters. The number of hydrogen-bond donors (Lipinski definition) is 3. The molecule has 6 heteroatoms. The highest BCUT2D eigenvalue weighted by molar-refractivity contribution is 7.89. The van der Waals surface area contributed by atoms with Crippen molar-refractivity contribution in [1.29, 1.82) is 0 Å². The summed E-state index contributed by atoms with van der Waals surface area (Å²) < 4.78 is 26.4. The average molecular weight is 270 g/mol. The summed E-state index contributed by atoms with van der Waals surface area (Å²) in [5, 5.41) is 13.3. The highest BCUT2D eigenvalue weighted by Crippen LogP contribution is 2.18. The Hall–Kier alpha value is -0.950. The van der Waals surface area contributed by atoms with Crippen LogP contribution in [0.2, 0.25) is 0 Å². The van der Waals surface area contributed by atoms with Crippen LogP contribution in [0.1, 0.15) is 12.8 Å². The van der Waals surface area contributed by atoms with E-state index in [1.807, 2.05) is 0 Å². The first-order valence-corrected chi connectivity index (χ1v) is 7.48. The van der Waals surface area contributed by atoms with Crippen molar-refractivity contribution in [3.63, 3.8) is 0 Å². The lowest BCUT2D eigenvalue weighted by molar-refractivity contribution is 0.0158. The Morgan fingerprint density at radius 3 is 2.44 bits per heavy atom. The SMILES string of the molecule is O=S(=O)(NCC1(O)CCNCC1)c1ccccc1. The molecule has 0 amide bonds. The minimum atomic E-state index is -3.53. The summed E-state index contributed by atoms with van der Waals surface area (Å²) in [5.41, 5.74) is -0.937. The Balaban J connectivity index is 2.01. The van der Waals surface area contributed by atoms with E-state index in [1.54, 1.807) is 18.2 Å². The molecule has 1 aliphatic heterocycles. The summed E-state index contributed by atoms with van der Waals surface area (Å²) >= 11 is 0. The van der Waals surface area contributed by atoms with E-state index in [2.05, 4.69) is 10.0 Å². The molecule has 5 nitrogen and oxygen atoms in total. The highest BCUT2D eigenvalue weighted by atomic mass is 32.2. The molecule has 1 heterocycles. The van der Waals surface area contributed by atoms with Crippen LogP contribution in [0.5, 0.6) is 0 Å². The minimum absolute atomic E-state index is 0.0614. The van der Waals surface area contributed by atoms with Gasteiger partial charge in [0.1, 0.15) is 0 Å². The van der Waals surface area contributed by atoms with E-state index < -0.39 is 15.6 Å². The van der Waals surface area contributed by atoms with Crippen LogP contribution in [-0.2, 0) is 10.0 Å². The van der Waals surface area contributed by atoms with Gasteiger partial charge in [0.05, 0.1) is 10.5 Å². The summed E-state index contributed by atoms with van der Waals surface area (Å²) in [7, 11) is -3.53. The molecule has 1 aromatic rings. The Morgan fingerprint density at radius 1 is 1.22 bits per heavy atom. The molecule has 0 aliphatic carbocycles. The van der Waals surface area contributed by atoms with Crippen molar-refractivity contribution < 1.29 is 13.5 Å². The van der Waals surface area contributed by atoms with Gasteiger partial charge >= 0.3 is 0 Å². The predicted molar refractivity (Wildman–Crippen MR) is 68.7 cm³/mol. The molecule has 18 heavy (non-hydrogen) atoms. The predicted octanol–water partition coefficient (Wildman–Crippen LogP) is 0.0794. The summed E-state index contributed by atoms with van der Waals surface area (Å²) in [6.45, 7) is 1.49. The standard InChI is InChI=1S/C12H18N2O3S/c15-12(6-8-13-9-7-12)10-14-18(16,17)11-4-2-1-3-5-11/h1-5,13-15H,6-10H2. The molecule has 0 aromatic heterocycles. The van der Waals surface area contributed by atoms with Gasteiger partial charge in [0.25, 0.3) is 0 Å². The first-order chi connectivity index (χ1) is 8.52. The fourth-order valence-corrected chi connectivity index (χ4v) is 3.12. The van der Waals surface area contributed by atoms with Crippen LogP contribution in [0.3, 0.4) is 0 Å².